The van der Waals surface area contributed by atoms with Crippen LogP contribution in [-0.2, 0) is 11.2 Å². The molecule has 0 bridgehead atoms. The Morgan fingerprint density at radius 3 is 2.65 bits per heavy atom. The van der Waals surface area contributed by atoms with Crippen LogP contribution in [0.5, 0.6) is 5.75 Å². The van der Waals surface area contributed by atoms with Crippen LogP contribution in [0.3, 0.4) is 0 Å². The van der Waals surface area contributed by atoms with Gasteiger partial charge < -0.3 is 15.6 Å². The predicted molar refractivity (Wildman–Crippen MR) is 66.1 cm³/mol. The van der Waals surface area contributed by atoms with Gasteiger partial charge in [0.1, 0.15) is 5.75 Å². The fraction of sp³-hybridized carbons (Fsp3) is 0.462. The molecule has 0 aliphatic rings. The molecule has 1 aromatic rings. The minimum atomic E-state index is -0.862. The molecule has 4 heteroatoms. The minimum absolute atomic E-state index is 0.0285. The number of aliphatic carboxylic acids is 1. The van der Waals surface area contributed by atoms with E-state index in [0.29, 0.717) is 24.5 Å². The molecule has 0 heterocycles. The SMILES string of the molecule is CC(C)(CN)COc1ccccc1CC(=O)O. The summed E-state index contributed by atoms with van der Waals surface area (Å²) in [5, 5.41) is 8.79. The molecular weight excluding hydrogens is 218 g/mol. The summed E-state index contributed by atoms with van der Waals surface area (Å²) in [6.07, 6.45) is -0.0285. The monoisotopic (exact) mass is 237 g/mol. The van der Waals surface area contributed by atoms with Gasteiger partial charge in [-0.05, 0) is 6.07 Å². The molecule has 0 unspecified atom stereocenters. The number of ether oxygens (including phenoxy) is 1. The number of carboxylic acids is 1. The average Bonchev–Trinajstić information content (AvgIpc) is 2.27. The summed E-state index contributed by atoms with van der Waals surface area (Å²) >= 11 is 0. The molecule has 3 N–H and O–H groups in total. The van der Waals surface area contributed by atoms with Crippen molar-refractivity contribution in [2.75, 3.05) is 13.2 Å². The number of carboxylic acid groups (broad SMARTS) is 1. The van der Waals surface area contributed by atoms with Crippen molar-refractivity contribution in [3.05, 3.63) is 29.8 Å². The van der Waals surface area contributed by atoms with Crippen LogP contribution in [0.2, 0.25) is 0 Å². The van der Waals surface area contributed by atoms with Crippen molar-refractivity contribution in [2.45, 2.75) is 20.3 Å². The lowest BCUT2D eigenvalue weighted by Crippen LogP contribution is -2.30. The van der Waals surface area contributed by atoms with Crippen LogP contribution in [0.25, 0.3) is 0 Å². The summed E-state index contributed by atoms with van der Waals surface area (Å²) in [6, 6.07) is 7.18. The van der Waals surface area contributed by atoms with Crippen LogP contribution in [0.4, 0.5) is 0 Å². The molecule has 0 saturated carbocycles. The third kappa shape index (κ3) is 4.44. The van der Waals surface area contributed by atoms with Gasteiger partial charge in [0.05, 0.1) is 13.0 Å². The van der Waals surface area contributed by atoms with E-state index in [0.717, 1.165) is 0 Å². The van der Waals surface area contributed by atoms with Gasteiger partial charge in [0.25, 0.3) is 0 Å². The van der Waals surface area contributed by atoms with Crippen LogP contribution in [0, 0.1) is 5.41 Å². The molecule has 1 rings (SSSR count). The maximum absolute atomic E-state index is 10.7. The number of nitrogens with two attached hydrogens (primary N) is 1. The third-order valence-corrected chi connectivity index (χ3v) is 2.49. The first-order valence-corrected chi connectivity index (χ1v) is 5.57. The molecule has 0 amide bonds. The van der Waals surface area contributed by atoms with E-state index in [1.807, 2.05) is 19.9 Å². The maximum Gasteiger partial charge on any atom is 0.307 e. The number of hydrogen-bond donors (Lipinski definition) is 2. The van der Waals surface area contributed by atoms with Gasteiger partial charge in [0, 0.05) is 17.5 Å². The highest BCUT2D eigenvalue weighted by molar-refractivity contribution is 5.71. The summed E-state index contributed by atoms with van der Waals surface area (Å²) in [5.41, 5.74) is 6.19. The fourth-order valence-corrected chi connectivity index (χ4v) is 1.29. The molecule has 0 aliphatic heterocycles. The second-order valence-corrected chi connectivity index (χ2v) is 4.84. The zero-order valence-electron chi connectivity index (χ0n) is 10.3. The second-order valence-electron chi connectivity index (χ2n) is 4.84. The van der Waals surface area contributed by atoms with Crippen LogP contribution >= 0.6 is 0 Å². The van der Waals surface area contributed by atoms with E-state index in [1.54, 1.807) is 18.2 Å². The standard InChI is InChI=1S/C13H19NO3/c1-13(2,8-14)9-17-11-6-4-3-5-10(11)7-12(15)16/h3-6H,7-9,14H2,1-2H3,(H,15,16). The molecule has 0 saturated heterocycles. The molecule has 94 valence electrons. The van der Waals surface area contributed by atoms with Crippen molar-refractivity contribution < 1.29 is 14.6 Å². The Balaban J connectivity index is 2.73. The number of carbonyl (C=O) groups is 1. The summed E-state index contributed by atoms with van der Waals surface area (Å²) in [5.74, 6) is -0.240. The van der Waals surface area contributed by atoms with Crippen LogP contribution in [-0.4, -0.2) is 24.2 Å². The highest BCUT2D eigenvalue weighted by Gasteiger charge is 2.17. The topological polar surface area (TPSA) is 72.5 Å². The maximum atomic E-state index is 10.7. The van der Waals surface area contributed by atoms with Gasteiger partial charge in [-0.15, -0.1) is 0 Å². The Labute approximate surface area is 101 Å². The second kappa shape index (κ2) is 5.68. The molecule has 0 radical (unpaired) electrons. The molecule has 1 aromatic carbocycles. The Morgan fingerprint density at radius 1 is 1.41 bits per heavy atom. The Bertz CT molecular complexity index is 388. The van der Waals surface area contributed by atoms with E-state index in [4.69, 9.17) is 15.6 Å². The molecule has 0 spiro atoms. The summed E-state index contributed by atoms with van der Waals surface area (Å²) < 4.78 is 5.65. The van der Waals surface area contributed by atoms with Crippen molar-refractivity contribution in [1.82, 2.24) is 0 Å². The minimum Gasteiger partial charge on any atom is -0.493 e. The third-order valence-electron chi connectivity index (χ3n) is 2.49. The van der Waals surface area contributed by atoms with Gasteiger partial charge >= 0.3 is 5.97 Å². The van der Waals surface area contributed by atoms with Gasteiger partial charge in [-0.1, -0.05) is 32.0 Å². The van der Waals surface area contributed by atoms with E-state index >= 15 is 0 Å². The molecular formula is C13H19NO3. The van der Waals surface area contributed by atoms with Gasteiger partial charge in [-0.25, -0.2) is 0 Å². The summed E-state index contributed by atoms with van der Waals surface area (Å²) in [6.45, 7) is 5.01. The molecule has 0 atom stereocenters. The van der Waals surface area contributed by atoms with Crippen LogP contribution in [0.15, 0.2) is 24.3 Å². The van der Waals surface area contributed by atoms with Crippen molar-refractivity contribution in [3.8, 4) is 5.75 Å². The van der Waals surface area contributed by atoms with Gasteiger partial charge in [0.15, 0.2) is 0 Å². The largest absolute Gasteiger partial charge is 0.493 e. The van der Waals surface area contributed by atoms with E-state index < -0.39 is 5.97 Å². The lowest BCUT2D eigenvalue weighted by Gasteiger charge is -2.23. The zero-order valence-corrected chi connectivity index (χ0v) is 10.3. The smallest absolute Gasteiger partial charge is 0.307 e. The Kier molecular flexibility index (Phi) is 4.52. The summed E-state index contributed by atoms with van der Waals surface area (Å²) in [7, 11) is 0. The fourth-order valence-electron chi connectivity index (χ4n) is 1.29. The number of rotatable bonds is 6. The molecule has 4 nitrogen and oxygen atoms in total. The van der Waals surface area contributed by atoms with Gasteiger partial charge in [-0.2, -0.15) is 0 Å². The quantitative estimate of drug-likeness (QED) is 0.789. The zero-order chi connectivity index (χ0) is 12.9. The van der Waals surface area contributed by atoms with E-state index in [1.165, 1.54) is 0 Å². The molecule has 17 heavy (non-hydrogen) atoms. The van der Waals surface area contributed by atoms with Crippen LogP contribution < -0.4 is 10.5 Å². The highest BCUT2D eigenvalue weighted by Crippen LogP contribution is 2.22. The van der Waals surface area contributed by atoms with Gasteiger partial charge in [0.2, 0.25) is 0 Å². The van der Waals surface area contributed by atoms with E-state index in [-0.39, 0.29) is 11.8 Å². The van der Waals surface area contributed by atoms with Crippen molar-refractivity contribution in [1.29, 1.82) is 0 Å². The van der Waals surface area contributed by atoms with E-state index in [2.05, 4.69) is 0 Å². The van der Waals surface area contributed by atoms with Crippen molar-refractivity contribution in [2.24, 2.45) is 11.1 Å². The predicted octanol–water partition coefficient (Wildman–Crippen LogP) is 1.68. The summed E-state index contributed by atoms with van der Waals surface area (Å²) in [4.78, 5) is 10.7. The molecule has 0 aliphatic carbocycles. The first-order chi connectivity index (χ1) is 7.94. The number of hydrogen-bond acceptors (Lipinski definition) is 3. The average molecular weight is 237 g/mol. The van der Waals surface area contributed by atoms with E-state index in [9.17, 15) is 4.79 Å². The molecule has 0 fully saturated rings. The van der Waals surface area contributed by atoms with Crippen LogP contribution in [0.1, 0.15) is 19.4 Å². The number of para-hydroxylation sites is 1. The van der Waals surface area contributed by atoms with Gasteiger partial charge in [-0.3, -0.25) is 4.79 Å². The number of benzene rings is 1. The normalized spacial score (nSPS) is 11.2. The lowest BCUT2D eigenvalue weighted by atomic mass is 9.95. The lowest BCUT2D eigenvalue weighted by molar-refractivity contribution is -0.136. The van der Waals surface area contributed by atoms with Crippen molar-refractivity contribution >= 4 is 5.97 Å². The first kappa shape index (κ1) is 13.5. The Hall–Kier alpha value is -1.55. The van der Waals surface area contributed by atoms with Crippen molar-refractivity contribution in [3.63, 3.8) is 0 Å². The molecule has 0 aromatic heterocycles. The Morgan fingerprint density at radius 2 is 2.06 bits per heavy atom. The first-order valence-electron chi connectivity index (χ1n) is 5.57. The highest BCUT2D eigenvalue weighted by atomic mass is 16.5.